The molecule has 0 bridgehead atoms. The Labute approximate surface area is 137 Å². The average Bonchev–Trinajstić information content (AvgIpc) is 2.60. The second-order valence-electron chi connectivity index (χ2n) is 4.84. The Hall–Kier alpha value is -2.63. The van der Waals surface area contributed by atoms with Crippen molar-refractivity contribution in [1.29, 1.82) is 0 Å². The lowest BCUT2D eigenvalue weighted by Crippen LogP contribution is -2.14. The number of carbonyl (C=O) groups excluding carboxylic acids is 1. The minimum atomic E-state index is -0.554. The molecule has 0 aliphatic heterocycles. The maximum Gasteiger partial charge on any atom is 0.267 e. The van der Waals surface area contributed by atoms with Crippen LogP contribution in [0, 0.1) is 0 Å². The number of aromatic nitrogens is 1. The summed E-state index contributed by atoms with van der Waals surface area (Å²) in [6.45, 7) is 0. The molecule has 0 unspecified atom stereocenters. The number of hydrogen-bond acceptors (Lipinski definition) is 4. The first-order chi connectivity index (χ1) is 11.3. The summed E-state index contributed by atoms with van der Waals surface area (Å²) in [6.07, 6.45) is 6.64. The van der Waals surface area contributed by atoms with Gasteiger partial charge in [-0.05, 0) is 29.2 Å². The zero-order chi connectivity index (χ0) is 16.1. The van der Waals surface area contributed by atoms with E-state index in [0.29, 0.717) is 0 Å². The molecule has 1 amide bonds. The smallest absolute Gasteiger partial charge is 0.267 e. The average molecular weight is 322 g/mol. The molecule has 3 aromatic rings. The van der Waals surface area contributed by atoms with E-state index in [2.05, 4.69) is 11.1 Å². The summed E-state index contributed by atoms with van der Waals surface area (Å²) in [5, 5.41) is 10.8. The van der Waals surface area contributed by atoms with Crippen LogP contribution in [-0.2, 0) is 4.79 Å². The van der Waals surface area contributed by atoms with Gasteiger partial charge in [0.1, 0.15) is 0 Å². The van der Waals surface area contributed by atoms with Gasteiger partial charge in [-0.2, -0.15) is 0 Å². The number of fused-ring (bicyclic) bond motifs is 1. The largest absolute Gasteiger partial charge is 0.288 e. The summed E-state index contributed by atoms with van der Waals surface area (Å²) in [5.74, 6) is -0.554. The summed E-state index contributed by atoms with van der Waals surface area (Å²) >= 11 is 1.62. The molecule has 2 N–H and O–H groups in total. The van der Waals surface area contributed by atoms with Crippen molar-refractivity contribution in [2.45, 2.75) is 9.79 Å². The molecule has 0 fully saturated rings. The zero-order valence-electron chi connectivity index (χ0n) is 12.1. The van der Waals surface area contributed by atoms with Crippen LogP contribution in [0.25, 0.3) is 16.8 Å². The van der Waals surface area contributed by atoms with Crippen molar-refractivity contribution in [2.75, 3.05) is 0 Å². The Kier molecular flexibility index (Phi) is 4.71. The molecule has 4 nitrogen and oxygen atoms in total. The molecule has 23 heavy (non-hydrogen) atoms. The lowest BCUT2D eigenvalue weighted by Gasteiger charge is -2.06. The highest BCUT2D eigenvalue weighted by atomic mass is 32.2. The van der Waals surface area contributed by atoms with Crippen molar-refractivity contribution < 1.29 is 10.0 Å². The van der Waals surface area contributed by atoms with Crippen molar-refractivity contribution in [1.82, 2.24) is 10.5 Å². The van der Waals surface area contributed by atoms with Crippen molar-refractivity contribution in [3.8, 4) is 0 Å². The van der Waals surface area contributed by atoms with Gasteiger partial charge in [-0.1, -0.05) is 48.2 Å². The van der Waals surface area contributed by atoms with E-state index in [4.69, 9.17) is 5.21 Å². The maximum absolute atomic E-state index is 11.0. The van der Waals surface area contributed by atoms with Crippen LogP contribution in [0.2, 0.25) is 0 Å². The number of nitrogens with one attached hydrogen (secondary N) is 1. The third-order valence-corrected chi connectivity index (χ3v) is 4.29. The molecule has 0 saturated carbocycles. The van der Waals surface area contributed by atoms with Gasteiger partial charge in [-0.3, -0.25) is 15.0 Å². The summed E-state index contributed by atoms with van der Waals surface area (Å²) < 4.78 is 0. The van der Waals surface area contributed by atoms with Crippen LogP contribution in [-0.4, -0.2) is 16.1 Å². The first kappa shape index (κ1) is 15.3. The van der Waals surface area contributed by atoms with E-state index in [-0.39, 0.29) is 0 Å². The van der Waals surface area contributed by atoms with Gasteiger partial charge in [-0.25, -0.2) is 5.48 Å². The lowest BCUT2D eigenvalue weighted by atomic mass is 10.2. The van der Waals surface area contributed by atoms with Crippen LogP contribution in [0.3, 0.4) is 0 Å². The molecule has 1 aromatic heterocycles. The third kappa shape index (κ3) is 3.77. The number of nitrogens with zero attached hydrogens (tertiary/aromatic N) is 1. The van der Waals surface area contributed by atoms with E-state index in [1.54, 1.807) is 23.3 Å². The Morgan fingerprint density at radius 3 is 2.87 bits per heavy atom. The zero-order valence-corrected chi connectivity index (χ0v) is 13.0. The molecule has 2 aromatic carbocycles. The highest BCUT2D eigenvalue weighted by Crippen LogP contribution is 2.33. The summed E-state index contributed by atoms with van der Waals surface area (Å²) in [7, 11) is 0. The standard InChI is InChI=1S/C18H14N2O2S/c21-18(20-22)9-8-13-4-3-6-15(10-13)23-17-12-19-11-14-5-1-2-7-16(14)17/h1-12,22H,(H,20,21)/b9-8+. The quantitative estimate of drug-likeness (QED) is 0.434. The normalized spacial score (nSPS) is 11.0. The SMILES string of the molecule is O=C(/C=C/c1cccc(Sc2cncc3ccccc23)c1)NO. The molecule has 1 heterocycles. The van der Waals surface area contributed by atoms with Gasteiger partial charge in [0.2, 0.25) is 0 Å². The van der Waals surface area contributed by atoms with E-state index in [9.17, 15) is 4.79 Å². The number of hydrogen-bond donors (Lipinski definition) is 2. The van der Waals surface area contributed by atoms with E-state index >= 15 is 0 Å². The third-order valence-electron chi connectivity index (χ3n) is 3.25. The number of hydroxylamine groups is 1. The van der Waals surface area contributed by atoms with E-state index in [1.807, 2.05) is 54.9 Å². The molecule has 0 radical (unpaired) electrons. The van der Waals surface area contributed by atoms with Gasteiger partial charge in [0.25, 0.3) is 5.91 Å². The van der Waals surface area contributed by atoms with Crippen LogP contribution in [0.15, 0.2) is 76.8 Å². The Morgan fingerprint density at radius 1 is 1.13 bits per heavy atom. The highest BCUT2D eigenvalue weighted by Gasteiger charge is 2.04. The van der Waals surface area contributed by atoms with Gasteiger partial charge in [-0.15, -0.1) is 0 Å². The lowest BCUT2D eigenvalue weighted by molar-refractivity contribution is -0.124. The monoisotopic (exact) mass is 322 g/mol. The van der Waals surface area contributed by atoms with E-state index in [1.165, 1.54) is 6.08 Å². The first-order valence-electron chi connectivity index (χ1n) is 6.99. The second kappa shape index (κ2) is 7.09. The van der Waals surface area contributed by atoms with Crippen molar-refractivity contribution >= 4 is 34.5 Å². The van der Waals surface area contributed by atoms with Crippen molar-refractivity contribution in [3.05, 3.63) is 72.6 Å². The predicted octanol–water partition coefficient (Wildman–Crippen LogP) is 3.90. The maximum atomic E-state index is 11.0. The second-order valence-corrected chi connectivity index (χ2v) is 5.96. The van der Waals surface area contributed by atoms with E-state index in [0.717, 1.165) is 26.1 Å². The number of rotatable bonds is 4. The summed E-state index contributed by atoms with van der Waals surface area (Å²) in [4.78, 5) is 17.5. The fourth-order valence-corrected chi connectivity index (χ4v) is 3.19. The predicted molar refractivity (Wildman–Crippen MR) is 91.3 cm³/mol. The number of benzene rings is 2. The van der Waals surface area contributed by atoms with E-state index < -0.39 is 5.91 Å². The van der Waals surface area contributed by atoms with Crippen LogP contribution >= 0.6 is 11.8 Å². The molecule has 0 spiro atoms. The van der Waals surface area contributed by atoms with Crippen molar-refractivity contribution in [2.24, 2.45) is 0 Å². The molecular weight excluding hydrogens is 308 g/mol. The molecule has 0 saturated heterocycles. The molecule has 3 rings (SSSR count). The minimum Gasteiger partial charge on any atom is -0.288 e. The van der Waals surface area contributed by atoms with Crippen LogP contribution in [0.5, 0.6) is 0 Å². The minimum absolute atomic E-state index is 0.554. The summed E-state index contributed by atoms with van der Waals surface area (Å²) in [6, 6.07) is 15.9. The molecule has 0 aliphatic rings. The van der Waals surface area contributed by atoms with Crippen LogP contribution < -0.4 is 5.48 Å². The first-order valence-corrected chi connectivity index (χ1v) is 7.81. The van der Waals surface area contributed by atoms with Gasteiger partial charge in [0.05, 0.1) is 0 Å². The van der Waals surface area contributed by atoms with Gasteiger partial charge in [0, 0.05) is 33.6 Å². The number of carbonyl (C=O) groups is 1. The highest BCUT2D eigenvalue weighted by molar-refractivity contribution is 7.99. The van der Waals surface area contributed by atoms with Gasteiger partial charge < -0.3 is 0 Å². The molecular formula is C18H14N2O2S. The molecule has 5 heteroatoms. The molecule has 114 valence electrons. The summed E-state index contributed by atoms with van der Waals surface area (Å²) in [5.41, 5.74) is 2.45. The van der Waals surface area contributed by atoms with Crippen molar-refractivity contribution in [3.63, 3.8) is 0 Å². The van der Waals surface area contributed by atoms with Crippen LogP contribution in [0.4, 0.5) is 0 Å². The fourth-order valence-electron chi connectivity index (χ4n) is 2.19. The Morgan fingerprint density at radius 2 is 2.00 bits per heavy atom. The fraction of sp³-hybridized carbons (Fsp3) is 0. The molecule has 0 aliphatic carbocycles. The number of amides is 1. The van der Waals surface area contributed by atoms with Gasteiger partial charge >= 0.3 is 0 Å². The Balaban J connectivity index is 1.88. The number of pyridine rings is 1. The van der Waals surface area contributed by atoms with Crippen LogP contribution in [0.1, 0.15) is 5.56 Å². The Bertz CT molecular complexity index is 872. The molecule has 0 atom stereocenters. The van der Waals surface area contributed by atoms with Gasteiger partial charge in [0.15, 0.2) is 0 Å². The topological polar surface area (TPSA) is 62.2 Å².